The number of nitrogens with zero attached hydrogens (tertiary/aromatic N) is 1. The van der Waals surface area contributed by atoms with Gasteiger partial charge in [-0.25, -0.2) is 0 Å². The lowest BCUT2D eigenvalue weighted by atomic mass is 9.90. The maximum atomic E-state index is 2.34. The SMILES string of the molecule is CC[N+](CC)(CCCC(C)(C)C)Cc1ccccc1. The average Bonchev–Trinajstić information content (AvgIpc) is 2.37. The molecule has 0 amide bonds. The first-order valence-electron chi connectivity index (χ1n) is 7.80. The first-order chi connectivity index (χ1) is 8.91. The van der Waals surface area contributed by atoms with E-state index in [-0.39, 0.29) is 0 Å². The van der Waals surface area contributed by atoms with Gasteiger partial charge in [-0.1, -0.05) is 51.1 Å². The van der Waals surface area contributed by atoms with Gasteiger partial charge in [-0.05, 0) is 32.1 Å². The Labute approximate surface area is 120 Å². The van der Waals surface area contributed by atoms with Crippen LogP contribution in [0.3, 0.4) is 0 Å². The third-order valence-electron chi connectivity index (χ3n) is 4.26. The molecule has 0 heterocycles. The molecule has 0 aliphatic carbocycles. The second-order valence-corrected chi connectivity index (χ2v) is 7.01. The largest absolute Gasteiger partial charge is 0.320 e. The summed E-state index contributed by atoms with van der Waals surface area (Å²) in [6.07, 6.45) is 2.65. The molecule has 1 aromatic rings. The summed E-state index contributed by atoms with van der Waals surface area (Å²) in [5, 5.41) is 0. The van der Waals surface area contributed by atoms with E-state index in [2.05, 4.69) is 65.0 Å². The molecule has 0 aromatic heterocycles. The Balaban J connectivity index is 2.63. The molecule has 0 bridgehead atoms. The van der Waals surface area contributed by atoms with Gasteiger partial charge in [0.05, 0.1) is 19.6 Å². The number of hydrogen-bond acceptors (Lipinski definition) is 0. The molecule has 108 valence electrons. The van der Waals surface area contributed by atoms with Crippen LogP contribution in [0.15, 0.2) is 30.3 Å². The highest BCUT2D eigenvalue weighted by Gasteiger charge is 2.24. The lowest BCUT2D eigenvalue weighted by molar-refractivity contribution is -0.938. The summed E-state index contributed by atoms with van der Waals surface area (Å²) in [5.74, 6) is 0. The molecule has 0 radical (unpaired) electrons. The quantitative estimate of drug-likeness (QED) is 0.615. The molecule has 0 atom stereocenters. The van der Waals surface area contributed by atoms with Gasteiger partial charge in [-0.2, -0.15) is 0 Å². The summed E-state index contributed by atoms with van der Waals surface area (Å²) in [4.78, 5) is 0. The molecule has 1 aromatic carbocycles. The zero-order chi connectivity index (χ0) is 14.4. The van der Waals surface area contributed by atoms with Crippen LogP contribution in [0.5, 0.6) is 0 Å². The van der Waals surface area contributed by atoms with Crippen molar-refractivity contribution >= 4 is 0 Å². The van der Waals surface area contributed by atoms with E-state index >= 15 is 0 Å². The van der Waals surface area contributed by atoms with Crippen LogP contribution in [-0.2, 0) is 6.54 Å². The van der Waals surface area contributed by atoms with Crippen molar-refractivity contribution in [3.8, 4) is 0 Å². The summed E-state index contributed by atoms with van der Waals surface area (Å²) in [5.41, 5.74) is 1.94. The fourth-order valence-electron chi connectivity index (χ4n) is 2.76. The molecule has 0 aliphatic heterocycles. The van der Waals surface area contributed by atoms with Crippen LogP contribution in [0, 0.1) is 5.41 Å². The Hall–Kier alpha value is -0.820. The predicted octanol–water partition coefficient (Wildman–Crippen LogP) is 4.87. The molecule has 0 unspecified atom stereocenters. The lowest BCUT2D eigenvalue weighted by Gasteiger charge is -2.37. The van der Waals surface area contributed by atoms with Gasteiger partial charge in [0.25, 0.3) is 0 Å². The van der Waals surface area contributed by atoms with Crippen molar-refractivity contribution in [2.45, 2.75) is 54.0 Å². The van der Waals surface area contributed by atoms with Gasteiger partial charge in [-0.3, -0.25) is 0 Å². The van der Waals surface area contributed by atoms with Gasteiger partial charge in [-0.15, -0.1) is 0 Å². The molecule has 0 spiro atoms. The molecular weight excluding hydrogens is 230 g/mol. The summed E-state index contributed by atoms with van der Waals surface area (Å²) < 4.78 is 1.22. The highest BCUT2D eigenvalue weighted by atomic mass is 15.3. The first-order valence-corrected chi connectivity index (χ1v) is 7.80. The molecule has 0 aliphatic rings. The third-order valence-corrected chi connectivity index (χ3v) is 4.26. The Bertz CT molecular complexity index is 344. The van der Waals surface area contributed by atoms with Crippen molar-refractivity contribution in [1.82, 2.24) is 0 Å². The monoisotopic (exact) mass is 262 g/mol. The van der Waals surface area contributed by atoms with Crippen molar-refractivity contribution in [3.05, 3.63) is 35.9 Å². The standard InChI is InChI=1S/C18H32N/c1-6-19(7-2,15-11-14-18(3,4)5)16-17-12-9-8-10-13-17/h8-10,12-13H,6-7,11,14-16H2,1-5H3/q+1. The van der Waals surface area contributed by atoms with Gasteiger partial charge in [0.2, 0.25) is 0 Å². The summed E-state index contributed by atoms with van der Waals surface area (Å²) in [6, 6.07) is 11.0. The van der Waals surface area contributed by atoms with Crippen LogP contribution < -0.4 is 0 Å². The van der Waals surface area contributed by atoms with Crippen molar-refractivity contribution in [2.24, 2.45) is 5.41 Å². The van der Waals surface area contributed by atoms with Crippen LogP contribution in [-0.4, -0.2) is 24.1 Å². The van der Waals surface area contributed by atoms with Crippen molar-refractivity contribution in [1.29, 1.82) is 0 Å². The number of rotatable bonds is 7. The van der Waals surface area contributed by atoms with E-state index in [1.165, 1.54) is 49.1 Å². The molecule has 0 N–H and O–H groups in total. The molecule has 19 heavy (non-hydrogen) atoms. The van der Waals surface area contributed by atoms with Crippen LogP contribution in [0.25, 0.3) is 0 Å². The van der Waals surface area contributed by atoms with Gasteiger partial charge in [0, 0.05) is 5.56 Å². The van der Waals surface area contributed by atoms with E-state index in [4.69, 9.17) is 0 Å². The fraction of sp³-hybridized carbons (Fsp3) is 0.667. The molecule has 1 heteroatoms. The number of quaternary nitrogens is 1. The maximum absolute atomic E-state index is 2.34. The Morgan fingerprint density at radius 1 is 0.947 bits per heavy atom. The Kier molecular flexibility index (Phi) is 6.06. The van der Waals surface area contributed by atoms with E-state index in [0.29, 0.717) is 5.41 Å². The topological polar surface area (TPSA) is 0 Å². The molecule has 1 rings (SSSR count). The van der Waals surface area contributed by atoms with E-state index in [0.717, 1.165) is 0 Å². The zero-order valence-corrected chi connectivity index (χ0v) is 13.6. The molecule has 0 saturated heterocycles. The van der Waals surface area contributed by atoms with Crippen molar-refractivity contribution < 1.29 is 4.48 Å². The van der Waals surface area contributed by atoms with Gasteiger partial charge in [0.15, 0.2) is 0 Å². The Morgan fingerprint density at radius 2 is 1.53 bits per heavy atom. The molecular formula is C18H32N+. The van der Waals surface area contributed by atoms with Crippen LogP contribution >= 0.6 is 0 Å². The zero-order valence-electron chi connectivity index (χ0n) is 13.6. The Morgan fingerprint density at radius 3 is 2.00 bits per heavy atom. The third kappa shape index (κ3) is 5.78. The predicted molar refractivity (Wildman–Crippen MR) is 85.0 cm³/mol. The summed E-state index contributed by atoms with van der Waals surface area (Å²) in [7, 11) is 0. The van der Waals surface area contributed by atoms with E-state index in [1.54, 1.807) is 0 Å². The second-order valence-electron chi connectivity index (χ2n) is 7.01. The summed E-state index contributed by atoms with van der Waals surface area (Å²) in [6.45, 7) is 16.7. The lowest BCUT2D eigenvalue weighted by Crippen LogP contribution is -2.47. The van der Waals surface area contributed by atoms with Crippen molar-refractivity contribution in [2.75, 3.05) is 19.6 Å². The minimum absolute atomic E-state index is 0.462. The highest BCUT2D eigenvalue weighted by Crippen LogP contribution is 2.23. The maximum Gasteiger partial charge on any atom is 0.104 e. The number of benzene rings is 1. The van der Waals surface area contributed by atoms with Gasteiger partial charge in [0.1, 0.15) is 6.54 Å². The second kappa shape index (κ2) is 7.09. The molecule has 0 saturated carbocycles. The fourth-order valence-corrected chi connectivity index (χ4v) is 2.76. The van der Waals surface area contributed by atoms with Crippen LogP contribution in [0.1, 0.15) is 53.0 Å². The van der Waals surface area contributed by atoms with Gasteiger partial charge >= 0.3 is 0 Å². The number of hydrogen-bond donors (Lipinski definition) is 0. The molecule has 0 fully saturated rings. The van der Waals surface area contributed by atoms with E-state index in [9.17, 15) is 0 Å². The summed E-state index contributed by atoms with van der Waals surface area (Å²) >= 11 is 0. The average molecular weight is 262 g/mol. The van der Waals surface area contributed by atoms with E-state index in [1.807, 2.05) is 0 Å². The minimum Gasteiger partial charge on any atom is -0.320 e. The first kappa shape index (κ1) is 16.2. The normalized spacial score (nSPS) is 12.7. The molecule has 1 nitrogen and oxygen atoms in total. The minimum atomic E-state index is 0.462. The van der Waals surface area contributed by atoms with Crippen LogP contribution in [0.4, 0.5) is 0 Å². The highest BCUT2D eigenvalue weighted by molar-refractivity contribution is 5.13. The smallest absolute Gasteiger partial charge is 0.104 e. The van der Waals surface area contributed by atoms with E-state index < -0.39 is 0 Å². The van der Waals surface area contributed by atoms with Crippen molar-refractivity contribution in [3.63, 3.8) is 0 Å². The van der Waals surface area contributed by atoms with Gasteiger partial charge < -0.3 is 4.48 Å². The van der Waals surface area contributed by atoms with Crippen LogP contribution in [0.2, 0.25) is 0 Å².